The minimum atomic E-state index is -4.82. The van der Waals surface area contributed by atoms with E-state index in [9.17, 15) is 36.4 Å². The first-order valence-corrected chi connectivity index (χ1v) is 14.7. The minimum absolute atomic E-state index is 0.0192. The molecule has 1 aromatic carbocycles. The fourth-order valence-electron chi connectivity index (χ4n) is 5.47. The number of nitrogens with zero attached hydrogens (tertiary/aromatic N) is 3. The second kappa shape index (κ2) is 9.30. The number of rotatable bonds is 6. The van der Waals surface area contributed by atoms with E-state index in [4.69, 9.17) is 11.6 Å². The van der Waals surface area contributed by atoms with E-state index in [0.29, 0.717) is 12.8 Å². The Bertz CT molecular complexity index is 1300. The van der Waals surface area contributed by atoms with E-state index in [0.717, 1.165) is 42.9 Å². The summed E-state index contributed by atoms with van der Waals surface area (Å²) in [6, 6.07) is 5.12. The van der Waals surface area contributed by atoms with E-state index in [2.05, 4.69) is 10.2 Å². The zero-order chi connectivity index (χ0) is 27.5. The number of nitrogens with one attached hydrogen (secondary N) is 1. The van der Waals surface area contributed by atoms with Gasteiger partial charge in [0.15, 0.2) is 9.84 Å². The van der Waals surface area contributed by atoms with Gasteiger partial charge in [0.25, 0.3) is 0 Å². The van der Waals surface area contributed by atoms with Gasteiger partial charge in [-0.1, -0.05) is 11.6 Å². The molecule has 2 atom stereocenters. The Hall–Kier alpha value is -2.52. The van der Waals surface area contributed by atoms with E-state index in [1.165, 1.54) is 6.07 Å². The largest absolute Gasteiger partial charge is 0.403 e. The Balaban J connectivity index is 1.43. The predicted molar refractivity (Wildman–Crippen MR) is 132 cm³/mol. The molecule has 0 radical (unpaired) electrons. The van der Waals surface area contributed by atoms with Crippen molar-refractivity contribution in [2.24, 2.45) is 5.41 Å². The lowest BCUT2D eigenvalue weighted by molar-refractivity contribution is -0.199. The number of nitriles is 1. The number of piperidine rings is 1. The topological polar surface area (TPSA) is 111 Å². The van der Waals surface area contributed by atoms with E-state index in [-0.39, 0.29) is 16.3 Å². The van der Waals surface area contributed by atoms with Crippen molar-refractivity contribution >= 4 is 38.9 Å². The van der Waals surface area contributed by atoms with Crippen LogP contribution in [-0.4, -0.2) is 67.8 Å². The van der Waals surface area contributed by atoms with E-state index >= 15 is 0 Å². The number of halogens is 4. The number of amides is 2. The van der Waals surface area contributed by atoms with Crippen molar-refractivity contribution < 1.29 is 31.2 Å². The third kappa shape index (κ3) is 4.62. The molecule has 0 spiro atoms. The molecule has 2 aliphatic heterocycles. The lowest BCUT2D eigenvalue weighted by Gasteiger charge is -2.29. The van der Waals surface area contributed by atoms with Crippen molar-refractivity contribution in [3.63, 3.8) is 0 Å². The van der Waals surface area contributed by atoms with Crippen LogP contribution in [0.25, 0.3) is 0 Å². The number of benzene rings is 1. The molecule has 0 aromatic heterocycles. The fraction of sp³-hybridized carbons (Fsp3) is 0.640. The van der Waals surface area contributed by atoms with E-state index < -0.39 is 69.5 Å². The Morgan fingerprint density at radius 1 is 1.11 bits per heavy atom. The summed E-state index contributed by atoms with van der Waals surface area (Å²) in [6.45, 7) is 1.08. The van der Waals surface area contributed by atoms with Crippen molar-refractivity contribution in [2.45, 2.75) is 79.3 Å². The molecule has 1 N–H and O–H groups in total. The van der Waals surface area contributed by atoms with Crippen LogP contribution in [0, 0.1) is 16.7 Å². The summed E-state index contributed by atoms with van der Waals surface area (Å²) in [5.74, 6) is -2.11. The highest BCUT2D eigenvalue weighted by molar-refractivity contribution is 7.92. The smallest absolute Gasteiger partial charge is 0.371 e. The molecule has 2 saturated heterocycles. The molecule has 1 aromatic rings. The highest BCUT2D eigenvalue weighted by atomic mass is 35.5. The number of likely N-dealkylation sites (tertiary alicyclic amines) is 1. The lowest BCUT2D eigenvalue weighted by atomic mass is 10.0. The number of sulfone groups is 1. The Kier molecular flexibility index (Phi) is 6.62. The van der Waals surface area contributed by atoms with Crippen LogP contribution < -0.4 is 10.2 Å². The Morgan fingerprint density at radius 3 is 2.29 bits per heavy atom. The molecule has 0 bridgehead atoms. The van der Waals surface area contributed by atoms with Gasteiger partial charge >= 0.3 is 6.18 Å². The van der Waals surface area contributed by atoms with Gasteiger partial charge in [-0.25, -0.2) is 8.42 Å². The molecule has 2 amide bonds. The van der Waals surface area contributed by atoms with Crippen LogP contribution in [0.5, 0.6) is 0 Å². The van der Waals surface area contributed by atoms with Crippen LogP contribution in [0.1, 0.15) is 51.4 Å². The molecule has 2 saturated carbocycles. The van der Waals surface area contributed by atoms with Gasteiger partial charge in [0, 0.05) is 25.3 Å². The van der Waals surface area contributed by atoms with Gasteiger partial charge < -0.3 is 15.1 Å². The predicted octanol–water partition coefficient (Wildman–Crippen LogP) is 3.59. The summed E-state index contributed by atoms with van der Waals surface area (Å²) in [6.07, 6.45) is -2.13. The van der Waals surface area contributed by atoms with Gasteiger partial charge in [0.1, 0.15) is 17.0 Å². The normalized spacial score (nSPS) is 26.0. The molecule has 4 fully saturated rings. The average Bonchev–Trinajstić information content (AvgIpc) is 3.80. The molecular formula is C25H28ClF3N4O4S. The third-order valence-corrected chi connectivity index (χ3v) is 10.8. The monoisotopic (exact) mass is 572 g/mol. The van der Waals surface area contributed by atoms with Gasteiger partial charge in [0.2, 0.25) is 11.8 Å². The Morgan fingerprint density at radius 2 is 1.76 bits per heavy atom. The molecule has 2 aliphatic carbocycles. The third-order valence-electron chi connectivity index (χ3n) is 8.24. The summed E-state index contributed by atoms with van der Waals surface area (Å²) < 4.78 is 68.6. The quantitative estimate of drug-likeness (QED) is 0.558. The van der Waals surface area contributed by atoms with Crippen LogP contribution in [-0.2, 0) is 19.4 Å². The second-order valence-electron chi connectivity index (χ2n) is 10.8. The molecule has 206 valence electrons. The first kappa shape index (κ1) is 27.1. The first-order chi connectivity index (χ1) is 17.8. The molecule has 13 heteroatoms. The zero-order valence-electron chi connectivity index (χ0n) is 20.6. The summed E-state index contributed by atoms with van der Waals surface area (Å²) in [5.41, 5.74) is -2.96. The molecular weight excluding hydrogens is 545 g/mol. The maximum absolute atomic E-state index is 13.8. The average molecular weight is 573 g/mol. The van der Waals surface area contributed by atoms with Crippen LogP contribution in [0.2, 0.25) is 5.02 Å². The van der Waals surface area contributed by atoms with Gasteiger partial charge in [-0.05, 0) is 69.6 Å². The minimum Gasteiger partial charge on any atom is -0.371 e. The summed E-state index contributed by atoms with van der Waals surface area (Å²) in [7, 11) is -4.21. The number of hydrogen-bond donors (Lipinski definition) is 1. The number of carbonyl (C=O) groups excluding carboxylic acids is 2. The molecule has 2 unspecified atom stereocenters. The summed E-state index contributed by atoms with van der Waals surface area (Å²) in [4.78, 5) is 28.9. The second-order valence-corrected chi connectivity index (χ2v) is 13.4. The standard InChI is InChI=1S/C25H28ClF3N4O4S/c26-18-12-16(32-10-2-1-3-11-32)4-5-20(18)38(36,37)17-13-19(21(34)31-23(15-30)6-7-23)33(14-17)22(35)24(8-9-24)25(27,28)29/h4-5,12,17,19H,1-3,6-11,13-14H2,(H,31,34). The first-order valence-electron chi connectivity index (χ1n) is 12.7. The van der Waals surface area contributed by atoms with E-state index in [1.54, 1.807) is 12.1 Å². The SMILES string of the molecule is N#CC1(NC(=O)C2CC(S(=O)(=O)c3ccc(N4CCCCC4)cc3Cl)CN2C(=O)C2(C(F)(F)F)CC2)CC1. The van der Waals surface area contributed by atoms with Gasteiger partial charge in [-0.2, -0.15) is 18.4 Å². The zero-order valence-corrected chi connectivity index (χ0v) is 22.1. The number of anilines is 1. The van der Waals surface area contributed by atoms with Gasteiger partial charge in [-0.3, -0.25) is 9.59 Å². The highest BCUT2D eigenvalue weighted by Gasteiger charge is 2.70. The maximum Gasteiger partial charge on any atom is 0.403 e. The van der Waals surface area contributed by atoms with Crippen LogP contribution in [0.3, 0.4) is 0 Å². The molecule has 38 heavy (non-hydrogen) atoms. The molecule has 4 aliphatic rings. The van der Waals surface area contributed by atoms with Crippen molar-refractivity contribution in [3.05, 3.63) is 23.2 Å². The summed E-state index contributed by atoms with van der Waals surface area (Å²) in [5, 5.41) is 10.5. The summed E-state index contributed by atoms with van der Waals surface area (Å²) >= 11 is 6.42. The van der Waals surface area contributed by atoms with Gasteiger partial charge in [-0.15, -0.1) is 0 Å². The number of carbonyl (C=O) groups is 2. The highest BCUT2D eigenvalue weighted by Crippen LogP contribution is 2.59. The van der Waals surface area contributed by atoms with Crippen molar-refractivity contribution in [1.29, 1.82) is 5.26 Å². The number of alkyl halides is 3. The maximum atomic E-state index is 13.8. The lowest BCUT2D eigenvalue weighted by Crippen LogP contribution is -2.53. The molecule has 8 nitrogen and oxygen atoms in total. The van der Waals surface area contributed by atoms with Crippen LogP contribution in [0.15, 0.2) is 23.1 Å². The van der Waals surface area contributed by atoms with Gasteiger partial charge in [0.05, 0.1) is 21.2 Å². The van der Waals surface area contributed by atoms with Crippen molar-refractivity contribution in [2.75, 3.05) is 24.5 Å². The number of hydrogen-bond acceptors (Lipinski definition) is 6. The van der Waals surface area contributed by atoms with E-state index in [1.807, 2.05) is 6.07 Å². The molecule has 5 rings (SSSR count). The Labute approximate surface area is 224 Å². The van der Waals surface area contributed by atoms with Crippen LogP contribution in [0.4, 0.5) is 18.9 Å². The van der Waals surface area contributed by atoms with Crippen molar-refractivity contribution in [1.82, 2.24) is 10.2 Å². The fourth-order valence-corrected chi connectivity index (χ4v) is 7.71. The molecule has 2 heterocycles. The van der Waals surface area contributed by atoms with Crippen molar-refractivity contribution in [3.8, 4) is 6.07 Å². The van der Waals surface area contributed by atoms with Crippen LogP contribution >= 0.6 is 11.6 Å².